The molecule has 1 aliphatic rings. The molecular formula is C17H21N3O5. The van der Waals surface area contributed by atoms with Gasteiger partial charge >= 0.3 is 17.8 Å². The number of nitrogens with zero attached hydrogens (tertiary/aromatic N) is 2. The van der Waals surface area contributed by atoms with Gasteiger partial charge in [-0.3, -0.25) is 19.3 Å². The van der Waals surface area contributed by atoms with Crippen LogP contribution in [0.15, 0.2) is 24.3 Å². The molecule has 8 heteroatoms. The van der Waals surface area contributed by atoms with Gasteiger partial charge in [0.25, 0.3) is 0 Å². The number of ether oxygens (including phenoxy) is 1. The van der Waals surface area contributed by atoms with E-state index in [1.54, 1.807) is 18.2 Å². The van der Waals surface area contributed by atoms with Gasteiger partial charge in [0.15, 0.2) is 0 Å². The van der Waals surface area contributed by atoms with Crippen molar-refractivity contribution in [2.24, 2.45) is 0 Å². The molecule has 0 spiro atoms. The highest BCUT2D eigenvalue weighted by Crippen LogP contribution is 2.14. The van der Waals surface area contributed by atoms with Crippen molar-refractivity contribution >= 4 is 29.4 Å². The van der Waals surface area contributed by atoms with Gasteiger partial charge in [-0.1, -0.05) is 12.1 Å². The number of amides is 5. The van der Waals surface area contributed by atoms with Gasteiger partial charge in [-0.05, 0) is 38.0 Å². The Balaban J connectivity index is 1.94. The number of benzene rings is 1. The molecule has 5 amide bonds. The van der Waals surface area contributed by atoms with Gasteiger partial charge in [0.1, 0.15) is 6.54 Å². The van der Waals surface area contributed by atoms with Crippen LogP contribution in [0, 0.1) is 6.92 Å². The van der Waals surface area contributed by atoms with Gasteiger partial charge in [-0.25, -0.2) is 9.69 Å². The number of aryl methyl sites for hydroxylation is 1. The molecule has 1 aliphatic heterocycles. The lowest BCUT2D eigenvalue weighted by molar-refractivity contribution is -0.143. The largest absolute Gasteiger partial charge is 0.382 e. The van der Waals surface area contributed by atoms with Crippen LogP contribution in [-0.4, -0.2) is 59.9 Å². The lowest BCUT2D eigenvalue weighted by Gasteiger charge is -2.15. The zero-order chi connectivity index (χ0) is 18.4. The van der Waals surface area contributed by atoms with Gasteiger partial charge in [0.2, 0.25) is 5.91 Å². The maximum Gasteiger partial charge on any atom is 0.334 e. The number of hydrogen-bond acceptors (Lipinski definition) is 5. The van der Waals surface area contributed by atoms with Crippen molar-refractivity contribution in [3.63, 3.8) is 0 Å². The summed E-state index contributed by atoms with van der Waals surface area (Å²) >= 11 is 0. The standard InChI is InChI=1S/C17H21N3O5/c1-3-25-9-5-8-19-15(22)16(23)20(17(19)24)11-14(21)18-13-7-4-6-12(2)10-13/h4,6-7,10H,3,5,8-9,11H2,1-2H3,(H,18,21). The lowest BCUT2D eigenvalue weighted by Crippen LogP contribution is -2.39. The van der Waals surface area contributed by atoms with Gasteiger partial charge < -0.3 is 10.1 Å². The average Bonchev–Trinajstić information content (AvgIpc) is 2.76. The average molecular weight is 347 g/mol. The van der Waals surface area contributed by atoms with Crippen LogP contribution in [0.2, 0.25) is 0 Å². The van der Waals surface area contributed by atoms with Crippen LogP contribution in [0.3, 0.4) is 0 Å². The number of urea groups is 1. The number of hydrogen-bond donors (Lipinski definition) is 1. The molecule has 0 radical (unpaired) electrons. The van der Waals surface area contributed by atoms with E-state index in [4.69, 9.17) is 4.74 Å². The maximum absolute atomic E-state index is 12.2. The molecular weight excluding hydrogens is 326 g/mol. The van der Waals surface area contributed by atoms with Crippen molar-refractivity contribution < 1.29 is 23.9 Å². The molecule has 1 saturated heterocycles. The summed E-state index contributed by atoms with van der Waals surface area (Å²) in [7, 11) is 0. The van der Waals surface area contributed by atoms with Crippen LogP contribution in [-0.2, 0) is 19.1 Å². The van der Waals surface area contributed by atoms with Crippen molar-refractivity contribution in [2.75, 3.05) is 31.6 Å². The number of carbonyl (C=O) groups is 4. The topological polar surface area (TPSA) is 96.0 Å². The van der Waals surface area contributed by atoms with E-state index >= 15 is 0 Å². The molecule has 8 nitrogen and oxygen atoms in total. The van der Waals surface area contributed by atoms with E-state index in [0.717, 1.165) is 10.5 Å². The lowest BCUT2D eigenvalue weighted by atomic mass is 10.2. The quantitative estimate of drug-likeness (QED) is 0.432. The molecule has 1 fully saturated rings. The van der Waals surface area contributed by atoms with E-state index in [1.165, 1.54) is 0 Å². The first kappa shape index (κ1) is 18.6. The zero-order valence-corrected chi connectivity index (χ0v) is 14.3. The fourth-order valence-electron chi connectivity index (χ4n) is 2.42. The molecule has 0 unspecified atom stereocenters. The normalized spacial score (nSPS) is 14.4. The minimum atomic E-state index is -0.985. The fourth-order valence-corrected chi connectivity index (χ4v) is 2.42. The van der Waals surface area contributed by atoms with Crippen molar-refractivity contribution in [1.29, 1.82) is 0 Å². The van der Waals surface area contributed by atoms with Crippen molar-refractivity contribution in [2.45, 2.75) is 20.3 Å². The molecule has 0 bridgehead atoms. The minimum absolute atomic E-state index is 0.0827. The molecule has 134 valence electrons. The Labute approximate surface area is 145 Å². The second kappa shape index (κ2) is 8.39. The number of imide groups is 2. The van der Waals surface area contributed by atoms with E-state index in [2.05, 4.69) is 5.32 Å². The molecule has 1 aromatic carbocycles. The molecule has 0 aliphatic carbocycles. The maximum atomic E-state index is 12.2. The second-order valence-electron chi connectivity index (χ2n) is 5.60. The van der Waals surface area contributed by atoms with Gasteiger partial charge in [-0.15, -0.1) is 0 Å². The smallest absolute Gasteiger partial charge is 0.334 e. The monoisotopic (exact) mass is 347 g/mol. The summed E-state index contributed by atoms with van der Waals surface area (Å²) in [6.45, 7) is 4.21. The van der Waals surface area contributed by atoms with E-state index in [9.17, 15) is 19.2 Å². The molecule has 1 aromatic rings. The van der Waals surface area contributed by atoms with Crippen LogP contribution in [0.5, 0.6) is 0 Å². The van der Waals surface area contributed by atoms with Crippen LogP contribution in [0.1, 0.15) is 18.9 Å². The summed E-state index contributed by atoms with van der Waals surface area (Å²) in [4.78, 5) is 49.7. The summed E-state index contributed by atoms with van der Waals surface area (Å²) in [5, 5.41) is 2.61. The first-order valence-corrected chi connectivity index (χ1v) is 8.05. The molecule has 2 rings (SSSR count). The highest BCUT2D eigenvalue weighted by Gasteiger charge is 2.44. The van der Waals surface area contributed by atoms with Crippen molar-refractivity contribution in [1.82, 2.24) is 9.80 Å². The molecule has 1 N–H and O–H groups in total. The summed E-state index contributed by atoms with van der Waals surface area (Å²) < 4.78 is 5.15. The summed E-state index contributed by atoms with van der Waals surface area (Å²) in [6, 6.07) is 6.34. The number of nitrogens with one attached hydrogen (secondary N) is 1. The van der Waals surface area contributed by atoms with E-state index < -0.39 is 30.3 Å². The number of anilines is 1. The summed E-state index contributed by atoms with van der Waals surface area (Å²) in [6.07, 6.45) is 0.432. The van der Waals surface area contributed by atoms with Crippen molar-refractivity contribution in [3.05, 3.63) is 29.8 Å². The van der Waals surface area contributed by atoms with Crippen LogP contribution >= 0.6 is 0 Å². The predicted octanol–water partition coefficient (Wildman–Crippen LogP) is 1.15. The molecule has 0 atom stereocenters. The summed E-state index contributed by atoms with van der Waals surface area (Å²) in [5.41, 5.74) is 1.52. The van der Waals surface area contributed by atoms with Crippen LogP contribution < -0.4 is 5.32 Å². The Morgan fingerprint density at radius 3 is 2.56 bits per heavy atom. The van der Waals surface area contributed by atoms with Gasteiger partial charge in [-0.2, -0.15) is 0 Å². The Morgan fingerprint density at radius 2 is 1.88 bits per heavy atom. The first-order valence-electron chi connectivity index (χ1n) is 8.05. The third-order valence-corrected chi connectivity index (χ3v) is 3.61. The fraction of sp³-hybridized carbons (Fsp3) is 0.412. The predicted molar refractivity (Wildman–Crippen MR) is 89.7 cm³/mol. The molecule has 0 saturated carbocycles. The van der Waals surface area contributed by atoms with E-state index in [0.29, 0.717) is 30.2 Å². The minimum Gasteiger partial charge on any atom is -0.382 e. The second-order valence-corrected chi connectivity index (χ2v) is 5.60. The Bertz CT molecular complexity index is 689. The number of carbonyl (C=O) groups excluding carboxylic acids is 4. The summed E-state index contributed by atoms with van der Waals surface area (Å²) in [5.74, 6) is -2.44. The van der Waals surface area contributed by atoms with E-state index in [-0.39, 0.29) is 6.54 Å². The van der Waals surface area contributed by atoms with Crippen molar-refractivity contribution in [3.8, 4) is 0 Å². The van der Waals surface area contributed by atoms with Crippen LogP contribution in [0.4, 0.5) is 10.5 Å². The molecule has 0 aromatic heterocycles. The molecule has 1 heterocycles. The highest BCUT2D eigenvalue weighted by molar-refractivity contribution is 6.45. The first-order chi connectivity index (χ1) is 11.9. The Morgan fingerprint density at radius 1 is 1.16 bits per heavy atom. The Kier molecular flexibility index (Phi) is 6.24. The van der Waals surface area contributed by atoms with Gasteiger partial charge in [0, 0.05) is 25.4 Å². The molecule has 25 heavy (non-hydrogen) atoms. The Hall–Kier alpha value is -2.74. The number of rotatable bonds is 8. The van der Waals surface area contributed by atoms with Gasteiger partial charge in [0.05, 0.1) is 0 Å². The highest BCUT2D eigenvalue weighted by atomic mass is 16.5. The van der Waals surface area contributed by atoms with Crippen LogP contribution in [0.25, 0.3) is 0 Å². The SMILES string of the molecule is CCOCCCN1C(=O)C(=O)N(CC(=O)Nc2cccc(C)c2)C1=O. The third-order valence-electron chi connectivity index (χ3n) is 3.61. The van der Waals surface area contributed by atoms with E-state index in [1.807, 2.05) is 19.9 Å². The zero-order valence-electron chi connectivity index (χ0n) is 14.3. The third kappa shape index (κ3) is 4.63.